The second-order valence-corrected chi connectivity index (χ2v) is 7.45. The molecule has 0 unspecified atom stereocenters. The van der Waals surface area contributed by atoms with Gasteiger partial charge in [-0.05, 0) is 42.4 Å². The Morgan fingerprint density at radius 1 is 0.846 bits per heavy atom. The van der Waals surface area contributed by atoms with E-state index < -0.39 is 0 Å². The summed E-state index contributed by atoms with van der Waals surface area (Å²) >= 11 is 1.86. The zero-order chi connectivity index (χ0) is 18.5. The Labute approximate surface area is 160 Å². The van der Waals surface area contributed by atoms with E-state index in [9.17, 15) is 0 Å². The van der Waals surface area contributed by atoms with E-state index >= 15 is 0 Å². The molecule has 0 aliphatic carbocycles. The van der Waals surface area contributed by atoms with E-state index in [1.807, 2.05) is 17.8 Å². The minimum Gasteiger partial charge on any atom is -0.496 e. The highest BCUT2D eigenvalue weighted by Gasteiger charge is 2.19. The monoisotopic (exact) mass is 366 g/mol. The van der Waals surface area contributed by atoms with Crippen LogP contribution in [0.4, 0.5) is 0 Å². The summed E-state index contributed by atoms with van der Waals surface area (Å²) in [6.45, 7) is 4.35. The van der Waals surface area contributed by atoms with Gasteiger partial charge in [-0.15, -0.1) is 11.8 Å². The molecule has 2 nitrogen and oxygen atoms in total. The fraction of sp³-hybridized carbons (Fsp3) is 0.304. The van der Waals surface area contributed by atoms with Crippen molar-refractivity contribution >= 4 is 22.5 Å². The Kier molecular flexibility index (Phi) is 6.10. The molecular formula is C23H26O2S. The maximum absolute atomic E-state index is 5.88. The molecule has 0 aliphatic rings. The number of methoxy groups -OCH3 is 2. The lowest BCUT2D eigenvalue weighted by molar-refractivity contribution is 0.399. The Bertz CT molecular complexity index is 888. The van der Waals surface area contributed by atoms with Crippen molar-refractivity contribution in [1.29, 1.82) is 0 Å². The van der Waals surface area contributed by atoms with Gasteiger partial charge in [-0.1, -0.05) is 49.7 Å². The predicted octanol–water partition coefficient (Wildman–Crippen LogP) is 6.72. The quantitative estimate of drug-likeness (QED) is 0.341. The van der Waals surface area contributed by atoms with Crippen molar-refractivity contribution in [3.05, 3.63) is 54.1 Å². The lowest BCUT2D eigenvalue weighted by atomic mass is 9.98. The first kappa shape index (κ1) is 18.7. The molecule has 0 amide bonds. The van der Waals surface area contributed by atoms with E-state index in [-0.39, 0.29) is 0 Å². The number of unbranched alkanes of at least 4 members (excludes halogenated alkanes) is 1. The summed E-state index contributed by atoms with van der Waals surface area (Å²) in [5, 5.41) is 2.21. The van der Waals surface area contributed by atoms with Crippen LogP contribution in [0.5, 0.6) is 11.5 Å². The average molecular weight is 367 g/mol. The third-order valence-electron chi connectivity index (χ3n) is 4.66. The van der Waals surface area contributed by atoms with E-state index in [0.29, 0.717) is 0 Å². The molecule has 26 heavy (non-hydrogen) atoms. The van der Waals surface area contributed by atoms with Gasteiger partial charge in [-0.3, -0.25) is 0 Å². The van der Waals surface area contributed by atoms with E-state index in [2.05, 4.69) is 56.3 Å². The Morgan fingerprint density at radius 3 is 2.23 bits per heavy atom. The van der Waals surface area contributed by atoms with Crippen LogP contribution >= 0.6 is 11.8 Å². The molecule has 136 valence electrons. The zero-order valence-electron chi connectivity index (χ0n) is 16.0. The molecule has 3 aromatic carbocycles. The third-order valence-corrected chi connectivity index (χ3v) is 5.93. The number of hydrogen-bond acceptors (Lipinski definition) is 3. The molecule has 3 aromatic rings. The van der Waals surface area contributed by atoms with Gasteiger partial charge in [-0.2, -0.15) is 0 Å². The Morgan fingerprint density at radius 2 is 1.58 bits per heavy atom. The number of thioether (sulfide) groups is 1. The lowest BCUT2D eigenvalue weighted by Gasteiger charge is -2.19. The van der Waals surface area contributed by atoms with Crippen LogP contribution in [-0.4, -0.2) is 20.0 Å². The van der Waals surface area contributed by atoms with Gasteiger partial charge in [0.2, 0.25) is 0 Å². The summed E-state index contributed by atoms with van der Waals surface area (Å²) in [5.74, 6) is 2.98. The molecule has 0 heterocycles. The molecular weight excluding hydrogens is 340 g/mol. The number of fused-ring (bicyclic) bond motifs is 1. The fourth-order valence-electron chi connectivity index (χ4n) is 3.30. The van der Waals surface area contributed by atoms with Gasteiger partial charge in [0.25, 0.3) is 0 Å². The Balaban J connectivity index is 2.22. The van der Waals surface area contributed by atoms with Crippen LogP contribution in [0.2, 0.25) is 0 Å². The molecule has 3 heteroatoms. The molecule has 0 spiro atoms. The average Bonchev–Trinajstić information content (AvgIpc) is 2.69. The molecule has 0 bridgehead atoms. The van der Waals surface area contributed by atoms with E-state index in [4.69, 9.17) is 9.47 Å². The smallest absolute Gasteiger partial charge is 0.140 e. The molecule has 0 atom stereocenters. The highest BCUT2D eigenvalue weighted by atomic mass is 32.2. The van der Waals surface area contributed by atoms with Gasteiger partial charge in [0.15, 0.2) is 0 Å². The van der Waals surface area contributed by atoms with Crippen molar-refractivity contribution in [1.82, 2.24) is 0 Å². The molecule has 0 saturated heterocycles. The molecule has 0 saturated carbocycles. The van der Waals surface area contributed by atoms with Crippen LogP contribution in [0, 0.1) is 6.92 Å². The zero-order valence-corrected chi connectivity index (χ0v) is 16.8. The standard InChI is InChI=1S/C23H26O2S/c1-5-6-14-26-23-16(2)21(24-3)19-13-12-18(15-20(19)22(23)25-4)17-10-8-7-9-11-17/h7-13,15H,5-6,14H2,1-4H3. The maximum atomic E-state index is 5.88. The molecule has 0 aliphatic heterocycles. The van der Waals surface area contributed by atoms with E-state index in [0.717, 1.165) is 33.6 Å². The minimum absolute atomic E-state index is 0.944. The molecule has 3 rings (SSSR count). The van der Waals surface area contributed by atoms with Gasteiger partial charge in [0.05, 0.1) is 19.1 Å². The first-order chi connectivity index (χ1) is 12.7. The number of ether oxygens (including phenoxy) is 2. The van der Waals surface area contributed by atoms with Crippen molar-refractivity contribution in [2.24, 2.45) is 0 Å². The number of benzene rings is 3. The SMILES string of the molecule is CCCCSc1c(C)c(OC)c2ccc(-c3ccccc3)cc2c1OC. The summed E-state index contributed by atoms with van der Waals surface area (Å²) in [4.78, 5) is 1.19. The van der Waals surface area contributed by atoms with Crippen LogP contribution in [0.25, 0.3) is 21.9 Å². The predicted molar refractivity (Wildman–Crippen MR) is 113 cm³/mol. The van der Waals surface area contributed by atoms with Crippen molar-refractivity contribution < 1.29 is 9.47 Å². The minimum atomic E-state index is 0.944. The molecule has 0 fully saturated rings. The topological polar surface area (TPSA) is 18.5 Å². The largest absolute Gasteiger partial charge is 0.496 e. The maximum Gasteiger partial charge on any atom is 0.140 e. The van der Waals surface area contributed by atoms with Crippen LogP contribution in [0.15, 0.2) is 53.4 Å². The molecule has 0 N–H and O–H groups in total. The Hall–Kier alpha value is -2.13. The highest BCUT2D eigenvalue weighted by Crippen LogP contribution is 2.46. The second kappa shape index (κ2) is 8.50. The van der Waals surface area contributed by atoms with Crippen molar-refractivity contribution in [3.8, 4) is 22.6 Å². The summed E-state index contributed by atoms with van der Waals surface area (Å²) < 4.78 is 11.7. The van der Waals surface area contributed by atoms with E-state index in [1.54, 1.807) is 14.2 Å². The third kappa shape index (κ3) is 3.54. The van der Waals surface area contributed by atoms with Crippen LogP contribution in [0.1, 0.15) is 25.3 Å². The fourth-order valence-corrected chi connectivity index (χ4v) is 4.57. The lowest BCUT2D eigenvalue weighted by Crippen LogP contribution is -1.97. The molecule has 0 aromatic heterocycles. The van der Waals surface area contributed by atoms with Crippen LogP contribution < -0.4 is 9.47 Å². The highest BCUT2D eigenvalue weighted by molar-refractivity contribution is 7.99. The summed E-state index contributed by atoms with van der Waals surface area (Å²) in [5.41, 5.74) is 3.55. The first-order valence-corrected chi connectivity index (χ1v) is 10.1. The van der Waals surface area contributed by atoms with Crippen molar-refractivity contribution in [2.75, 3.05) is 20.0 Å². The normalized spacial score (nSPS) is 10.9. The number of rotatable bonds is 7. The summed E-state index contributed by atoms with van der Waals surface area (Å²) in [6.07, 6.45) is 2.38. The van der Waals surface area contributed by atoms with Gasteiger partial charge in [-0.25, -0.2) is 0 Å². The van der Waals surface area contributed by atoms with Gasteiger partial charge in [0, 0.05) is 16.3 Å². The summed E-state index contributed by atoms with van der Waals surface area (Å²) in [7, 11) is 3.51. The second-order valence-electron chi connectivity index (χ2n) is 6.35. The number of hydrogen-bond donors (Lipinski definition) is 0. The van der Waals surface area contributed by atoms with Crippen LogP contribution in [0.3, 0.4) is 0 Å². The van der Waals surface area contributed by atoms with Crippen molar-refractivity contribution in [3.63, 3.8) is 0 Å². The van der Waals surface area contributed by atoms with Gasteiger partial charge in [0.1, 0.15) is 11.5 Å². The van der Waals surface area contributed by atoms with Gasteiger partial charge >= 0.3 is 0 Å². The van der Waals surface area contributed by atoms with Gasteiger partial charge < -0.3 is 9.47 Å². The van der Waals surface area contributed by atoms with Crippen LogP contribution in [-0.2, 0) is 0 Å². The van der Waals surface area contributed by atoms with Crippen molar-refractivity contribution in [2.45, 2.75) is 31.6 Å². The van der Waals surface area contributed by atoms with E-state index in [1.165, 1.54) is 28.9 Å². The first-order valence-electron chi connectivity index (χ1n) is 9.07. The summed E-state index contributed by atoms with van der Waals surface area (Å²) in [6, 6.07) is 17.0. The molecule has 0 radical (unpaired) electrons.